The maximum atomic E-state index is 12.8. The lowest BCUT2D eigenvalue weighted by molar-refractivity contribution is -0.143. The number of rotatable bonds is 9. The molecule has 6 nitrogen and oxygen atoms in total. The summed E-state index contributed by atoms with van der Waals surface area (Å²) in [5.41, 5.74) is 1.14. The van der Waals surface area contributed by atoms with E-state index in [9.17, 15) is 9.59 Å². The van der Waals surface area contributed by atoms with Gasteiger partial charge < -0.3 is 19.7 Å². The summed E-state index contributed by atoms with van der Waals surface area (Å²) in [6, 6.07) is 17.3. The molecule has 0 radical (unpaired) electrons. The molecule has 0 aliphatic carbocycles. The van der Waals surface area contributed by atoms with Gasteiger partial charge in [-0.1, -0.05) is 30.3 Å². The number of ether oxygens (including phenoxy) is 2. The largest absolute Gasteiger partial charge is 0.494 e. The minimum Gasteiger partial charge on any atom is -0.494 e. The monoisotopic (exact) mass is 396 g/mol. The standard InChI is InChI=1S/C23H28N2O4/c1-23(2)22(27)25(20-13-7-6-12-19(20)24-23)15-9-17-29-21(26)14-8-16-28-18-10-4-3-5-11-18/h3-7,10-13,24H,8-9,14-17H2,1-2H3. The van der Waals surface area contributed by atoms with Crippen LogP contribution in [0.3, 0.4) is 0 Å². The molecule has 1 heterocycles. The first kappa shape index (κ1) is 20.7. The Kier molecular flexibility index (Phi) is 6.75. The second-order valence-corrected chi connectivity index (χ2v) is 7.56. The van der Waals surface area contributed by atoms with Crippen LogP contribution in [0.25, 0.3) is 0 Å². The molecule has 2 aromatic carbocycles. The molecule has 29 heavy (non-hydrogen) atoms. The van der Waals surface area contributed by atoms with E-state index in [0.29, 0.717) is 32.4 Å². The molecule has 1 aliphatic heterocycles. The highest BCUT2D eigenvalue weighted by Crippen LogP contribution is 2.34. The van der Waals surface area contributed by atoms with Gasteiger partial charge in [-0.25, -0.2) is 0 Å². The number of esters is 1. The number of nitrogens with one attached hydrogen (secondary N) is 1. The SMILES string of the molecule is CC1(C)Nc2ccccc2N(CCCOC(=O)CCCOc2ccccc2)C1=O. The summed E-state index contributed by atoms with van der Waals surface area (Å²) < 4.78 is 10.9. The third-order valence-corrected chi connectivity index (χ3v) is 4.75. The van der Waals surface area contributed by atoms with Gasteiger partial charge in [-0.2, -0.15) is 0 Å². The first-order valence-electron chi connectivity index (χ1n) is 10.00. The van der Waals surface area contributed by atoms with E-state index in [-0.39, 0.29) is 18.5 Å². The second kappa shape index (κ2) is 9.45. The highest BCUT2D eigenvalue weighted by atomic mass is 16.5. The van der Waals surface area contributed by atoms with Crippen molar-refractivity contribution in [3.05, 3.63) is 54.6 Å². The molecule has 0 fully saturated rings. The van der Waals surface area contributed by atoms with Crippen molar-refractivity contribution >= 4 is 23.3 Å². The van der Waals surface area contributed by atoms with Crippen molar-refractivity contribution in [1.29, 1.82) is 0 Å². The van der Waals surface area contributed by atoms with Crippen molar-refractivity contribution in [2.45, 2.75) is 38.6 Å². The Morgan fingerprint density at radius 1 is 1.00 bits per heavy atom. The third-order valence-electron chi connectivity index (χ3n) is 4.75. The number of para-hydroxylation sites is 3. The Hall–Kier alpha value is -3.02. The van der Waals surface area contributed by atoms with Crippen molar-refractivity contribution in [1.82, 2.24) is 0 Å². The molecule has 1 aliphatic rings. The normalized spacial score (nSPS) is 14.7. The predicted molar refractivity (Wildman–Crippen MR) is 113 cm³/mol. The molecule has 0 aromatic heterocycles. The number of carbonyl (C=O) groups is 2. The fourth-order valence-electron chi connectivity index (χ4n) is 3.28. The zero-order chi connectivity index (χ0) is 20.7. The summed E-state index contributed by atoms with van der Waals surface area (Å²) in [5.74, 6) is 0.569. The Labute approximate surface area is 171 Å². The summed E-state index contributed by atoms with van der Waals surface area (Å²) in [6.07, 6.45) is 1.50. The third kappa shape index (κ3) is 5.50. The number of benzene rings is 2. The minimum absolute atomic E-state index is 0.0144. The van der Waals surface area contributed by atoms with Crippen molar-refractivity contribution in [3.63, 3.8) is 0 Å². The molecular formula is C23H28N2O4. The Bertz CT molecular complexity index is 836. The Morgan fingerprint density at radius 3 is 2.52 bits per heavy atom. The molecule has 0 saturated heterocycles. The van der Waals surface area contributed by atoms with Crippen LogP contribution in [-0.2, 0) is 14.3 Å². The van der Waals surface area contributed by atoms with E-state index in [1.165, 1.54) is 0 Å². The second-order valence-electron chi connectivity index (χ2n) is 7.56. The molecule has 3 rings (SSSR count). The molecule has 0 unspecified atom stereocenters. The topological polar surface area (TPSA) is 67.9 Å². The van der Waals surface area contributed by atoms with Gasteiger partial charge in [0.1, 0.15) is 11.3 Å². The van der Waals surface area contributed by atoms with Crippen LogP contribution in [0, 0.1) is 0 Å². The van der Waals surface area contributed by atoms with Crippen LogP contribution in [0.4, 0.5) is 11.4 Å². The van der Waals surface area contributed by atoms with Crippen molar-refractivity contribution in [3.8, 4) is 5.75 Å². The number of amides is 1. The maximum Gasteiger partial charge on any atom is 0.305 e. The minimum atomic E-state index is -0.663. The van der Waals surface area contributed by atoms with E-state index in [2.05, 4.69) is 5.32 Å². The van der Waals surface area contributed by atoms with Crippen LogP contribution in [-0.4, -0.2) is 37.2 Å². The van der Waals surface area contributed by atoms with Gasteiger partial charge in [-0.3, -0.25) is 9.59 Å². The first-order valence-corrected chi connectivity index (χ1v) is 10.00. The molecular weight excluding hydrogens is 368 g/mol. The number of hydrogen-bond acceptors (Lipinski definition) is 5. The van der Waals surface area contributed by atoms with E-state index >= 15 is 0 Å². The van der Waals surface area contributed by atoms with E-state index in [1.54, 1.807) is 4.90 Å². The highest BCUT2D eigenvalue weighted by Gasteiger charge is 2.38. The number of carbonyl (C=O) groups excluding carboxylic acids is 2. The number of hydrogen-bond donors (Lipinski definition) is 1. The molecule has 2 aromatic rings. The Morgan fingerprint density at radius 2 is 1.72 bits per heavy atom. The molecule has 1 amide bonds. The van der Waals surface area contributed by atoms with Crippen molar-refractivity contribution < 1.29 is 19.1 Å². The molecule has 0 atom stereocenters. The summed E-state index contributed by atoms with van der Waals surface area (Å²) in [5, 5.41) is 3.28. The summed E-state index contributed by atoms with van der Waals surface area (Å²) in [7, 11) is 0. The number of fused-ring (bicyclic) bond motifs is 1. The average molecular weight is 396 g/mol. The quantitative estimate of drug-likeness (QED) is 0.512. The van der Waals surface area contributed by atoms with E-state index in [1.807, 2.05) is 68.4 Å². The van der Waals surface area contributed by atoms with Gasteiger partial charge in [0.05, 0.1) is 24.6 Å². The van der Waals surface area contributed by atoms with Gasteiger partial charge in [0.2, 0.25) is 0 Å². The lowest BCUT2D eigenvalue weighted by Crippen LogP contribution is -2.54. The van der Waals surface area contributed by atoms with Crippen LogP contribution in [0.1, 0.15) is 33.1 Å². The number of anilines is 2. The van der Waals surface area contributed by atoms with Gasteiger partial charge in [0, 0.05) is 13.0 Å². The van der Waals surface area contributed by atoms with Gasteiger partial charge in [-0.15, -0.1) is 0 Å². The highest BCUT2D eigenvalue weighted by molar-refractivity contribution is 6.07. The summed E-state index contributed by atoms with van der Waals surface area (Å²) >= 11 is 0. The lowest BCUT2D eigenvalue weighted by atomic mass is 9.98. The van der Waals surface area contributed by atoms with Crippen LogP contribution >= 0.6 is 0 Å². The smallest absolute Gasteiger partial charge is 0.305 e. The summed E-state index contributed by atoms with van der Waals surface area (Å²) in [6.45, 7) is 5.01. The molecule has 0 bridgehead atoms. The van der Waals surface area contributed by atoms with Gasteiger partial charge in [0.25, 0.3) is 5.91 Å². The predicted octanol–water partition coefficient (Wildman–Crippen LogP) is 4.02. The molecule has 0 saturated carbocycles. The zero-order valence-electron chi connectivity index (χ0n) is 17.0. The van der Waals surface area contributed by atoms with Crippen LogP contribution in [0.2, 0.25) is 0 Å². The fourth-order valence-corrected chi connectivity index (χ4v) is 3.28. The molecule has 1 N–H and O–H groups in total. The van der Waals surface area contributed by atoms with Crippen molar-refractivity contribution in [2.24, 2.45) is 0 Å². The Balaban J connectivity index is 1.38. The molecule has 6 heteroatoms. The van der Waals surface area contributed by atoms with Crippen LogP contribution < -0.4 is 15.0 Å². The van der Waals surface area contributed by atoms with E-state index in [0.717, 1.165) is 17.1 Å². The van der Waals surface area contributed by atoms with Gasteiger partial charge in [0.15, 0.2) is 0 Å². The van der Waals surface area contributed by atoms with Crippen LogP contribution in [0.5, 0.6) is 5.75 Å². The molecule has 154 valence electrons. The average Bonchev–Trinajstić information content (AvgIpc) is 2.71. The van der Waals surface area contributed by atoms with Gasteiger partial charge >= 0.3 is 5.97 Å². The zero-order valence-corrected chi connectivity index (χ0v) is 17.0. The summed E-state index contributed by atoms with van der Waals surface area (Å²) in [4.78, 5) is 26.4. The van der Waals surface area contributed by atoms with Crippen molar-refractivity contribution in [2.75, 3.05) is 30.0 Å². The molecule has 0 spiro atoms. The maximum absolute atomic E-state index is 12.8. The first-order chi connectivity index (χ1) is 14.0. The van der Waals surface area contributed by atoms with E-state index in [4.69, 9.17) is 9.47 Å². The van der Waals surface area contributed by atoms with Crippen LogP contribution in [0.15, 0.2) is 54.6 Å². The lowest BCUT2D eigenvalue weighted by Gasteiger charge is -2.40. The number of nitrogens with zero attached hydrogens (tertiary/aromatic N) is 1. The van der Waals surface area contributed by atoms with Gasteiger partial charge in [-0.05, 0) is 51.0 Å². The fraction of sp³-hybridized carbons (Fsp3) is 0.391. The van der Waals surface area contributed by atoms with E-state index < -0.39 is 5.54 Å².